The van der Waals surface area contributed by atoms with Crippen LogP contribution >= 0.6 is 23.7 Å². The zero-order valence-corrected chi connectivity index (χ0v) is 56.0. The molecule has 5 heterocycles. The molecule has 5 fully saturated rings. The first-order chi connectivity index (χ1) is 46.9. The van der Waals surface area contributed by atoms with Crippen molar-refractivity contribution in [3.05, 3.63) is 77.9 Å². The molecule has 9 rings (SSSR count). The summed E-state index contributed by atoms with van der Waals surface area (Å²) in [6.45, 7) is 5.98. The molecule has 0 spiro atoms. The highest BCUT2D eigenvalue weighted by Crippen LogP contribution is 2.35. The predicted octanol–water partition coefficient (Wildman–Crippen LogP) is -2.08. The summed E-state index contributed by atoms with van der Waals surface area (Å²) in [7, 11) is 0. The Morgan fingerprint density at radius 2 is 1.37 bits per heavy atom. The van der Waals surface area contributed by atoms with E-state index >= 15 is 0 Å². The molecule has 5 aliphatic rings. The van der Waals surface area contributed by atoms with Crippen LogP contribution in [0.3, 0.4) is 0 Å². The summed E-state index contributed by atoms with van der Waals surface area (Å²) in [6, 6.07) is 6.31. The maximum atomic E-state index is 15.0. The van der Waals surface area contributed by atoms with Gasteiger partial charge in [0.25, 0.3) is 18.2 Å². The number of hydrogen-bond donors (Lipinski definition) is 16. The van der Waals surface area contributed by atoms with E-state index < -0.39 is 184 Å². The maximum Gasteiger partial charge on any atom is 0.261 e. The van der Waals surface area contributed by atoms with E-state index in [0.29, 0.717) is 21.6 Å². The van der Waals surface area contributed by atoms with E-state index in [4.69, 9.17) is 9.44 Å². The highest BCUT2D eigenvalue weighted by atomic mass is 32.2. The molecule has 98 heavy (non-hydrogen) atoms. The Morgan fingerprint density at radius 3 is 2.01 bits per heavy atom. The molecule has 13 atom stereocenters. The predicted molar refractivity (Wildman–Crippen MR) is 353 cm³/mol. The molecule has 34 heteroatoms. The fourth-order valence-corrected chi connectivity index (χ4v) is 14.2. The number of fused-ring (bicyclic) bond motifs is 2. The van der Waals surface area contributed by atoms with Crippen LogP contribution in [0.1, 0.15) is 81.6 Å². The lowest BCUT2D eigenvalue weighted by Gasteiger charge is -2.42. The zero-order valence-electron chi connectivity index (χ0n) is 54.4. The highest BCUT2D eigenvalue weighted by molar-refractivity contribution is 7.90. The van der Waals surface area contributed by atoms with E-state index in [1.165, 1.54) is 68.2 Å². The Morgan fingerprint density at radius 1 is 0.735 bits per heavy atom. The second kappa shape index (κ2) is 34.7. The van der Waals surface area contributed by atoms with Gasteiger partial charge >= 0.3 is 0 Å². The highest BCUT2D eigenvalue weighted by Gasteiger charge is 2.50. The largest absolute Gasteiger partial charge is 0.504 e. The number of rotatable bonds is 21. The van der Waals surface area contributed by atoms with E-state index in [9.17, 15) is 79.5 Å². The van der Waals surface area contributed by atoms with Crippen molar-refractivity contribution in [2.24, 2.45) is 11.8 Å². The van der Waals surface area contributed by atoms with Gasteiger partial charge in [-0.2, -0.15) is 0 Å². The molecule has 32 nitrogen and oxygen atoms in total. The Kier molecular flexibility index (Phi) is 26.5. The van der Waals surface area contributed by atoms with Crippen LogP contribution < -0.4 is 41.0 Å². The minimum Gasteiger partial charge on any atom is -0.504 e. The van der Waals surface area contributed by atoms with Gasteiger partial charge in [-0.25, -0.2) is 5.26 Å². The Labute approximate surface area is 573 Å². The fraction of sp³-hybridized carbons (Fsp3) is 0.578. The fourth-order valence-electron chi connectivity index (χ4n) is 13.1. The Hall–Kier alpha value is -7.26. The number of anilines is 1. The number of aromatic nitrogens is 2. The molecule has 0 radical (unpaired) electrons. The molecule has 536 valence electrons. The number of aliphatic hydroxyl groups is 8. The van der Waals surface area contributed by atoms with Gasteiger partial charge in [0.2, 0.25) is 35.4 Å². The van der Waals surface area contributed by atoms with Crippen molar-refractivity contribution in [2.75, 3.05) is 70.5 Å². The topological polar surface area (TPSA) is 460 Å². The lowest BCUT2D eigenvalue weighted by Crippen LogP contribution is -2.64. The lowest BCUT2D eigenvalue weighted by molar-refractivity contribution is -0.433. The van der Waals surface area contributed by atoms with Crippen molar-refractivity contribution in [3.8, 4) is 32.6 Å². The van der Waals surface area contributed by atoms with Crippen molar-refractivity contribution in [1.82, 2.24) is 56.8 Å². The number of benzene rings is 3. The number of nitrogens with zero attached hydrogens (tertiary/aromatic N) is 6. The second-order valence-corrected chi connectivity index (χ2v) is 27.3. The summed E-state index contributed by atoms with van der Waals surface area (Å²) >= 11 is 1.41. The summed E-state index contributed by atoms with van der Waals surface area (Å²) in [5.74, 6) is -8.77. The van der Waals surface area contributed by atoms with Crippen LogP contribution in [0.15, 0.2) is 66.7 Å². The van der Waals surface area contributed by atoms with Crippen molar-refractivity contribution >= 4 is 70.7 Å². The van der Waals surface area contributed by atoms with Crippen LogP contribution in [0.2, 0.25) is 0 Å². The van der Waals surface area contributed by atoms with Crippen molar-refractivity contribution in [2.45, 2.75) is 157 Å². The van der Waals surface area contributed by atoms with Gasteiger partial charge in [-0.1, -0.05) is 52.8 Å². The van der Waals surface area contributed by atoms with Gasteiger partial charge in [0.15, 0.2) is 11.5 Å². The molecule has 1 aliphatic carbocycles. The molecule has 1 unspecified atom stereocenters. The molecule has 16 N–H and O–H groups in total. The normalized spacial score (nSPS) is 27.6. The molecule has 1 saturated carbocycles. The molecule has 4 saturated heterocycles. The van der Waals surface area contributed by atoms with Crippen molar-refractivity contribution in [3.63, 3.8) is 0 Å². The first kappa shape index (κ1) is 75.0. The number of nitrogens with one attached hydrogen (secondary N) is 6. The third kappa shape index (κ3) is 18.8. The number of piperazine rings is 1. The molecule has 4 aliphatic heterocycles. The van der Waals surface area contributed by atoms with Gasteiger partial charge in [0.1, 0.15) is 46.3 Å². The van der Waals surface area contributed by atoms with Crippen LogP contribution in [0.5, 0.6) is 11.5 Å². The van der Waals surface area contributed by atoms with Crippen LogP contribution in [0.25, 0.3) is 21.1 Å². The average molecular weight is 1410 g/mol. The van der Waals surface area contributed by atoms with Gasteiger partial charge in [-0.05, 0) is 106 Å². The van der Waals surface area contributed by atoms with E-state index in [-0.39, 0.29) is 42.3 Å². The van der Waals surface area contributed by atoms with Crippen LogP contribution in [-0.2, 0) is 44.6 Å². The smallest absolute Gasteiger partial charge is 0.261 e. The summed E-state index contributed by atoms with van der Waals surface area (Å²) in [4.78, 5) is 109. The van der Waals surface area contributed by atoms with Gasteiger partial charge in [-0.3, -0.25) is 38.5 Å². The summed E-state index contributed by atoms with van der Waals surface area (Å²) in [5, 5.41) is 136. The average Bonchev–Trinajstić information content (AvgIpc) is 1.62. The van der Waals surface area contributed by atoms with Crippen LogP contribution in [0, 0.1) is 11.8 Å². The van der Waals surface area contributed by atoms with E-state index in [0.717, 1.165) is 66.1 Å². The molecule has 4 aromatic rings. The van der Waals surface area contributed by atoms with E-state index in [2.05, 4.69) is 80.3 Å². The molecule has 0 bridgehead atoms. The van der Waals surface area contributed by atoms with Gasteiger partial charge < -0.3 is 96.7 Å². The number of phenolic OH excluding ortho intramolecular Hbond substituents is 1. The van der Waals surface area contributed by atoms with Crippen molar-refractivity contribution < 1.29 is 98.3 Å². The number of aliphatic hydroxyl groups excluding tert-OH is 8. The SMILES string of the molecule is CC1CCC(N2CCN(c3ccc(-c4nnc(-c5ccc(C(=O)NC6C[C@@H](O)CNC(=O)[C@@H]7[C@@H](O)[C@@H](C)CN7C(=O)[C@H]([C@H](O)CCNC(CO)CO)NC(=O)[C@H]([C@H](O)Cc7ccc(O)c(OSOOO)c7)NC(=O)[C@@H]7C[C@@H](O)CN7C(=O)[C@H]([C@@H](C)O)NC6=O)cc5)s4)cc3)CC2)CC1. The van der Waals surface area contributed by atoms with Crippen LogP contribution in [0.4, 0.5) is 5.69 Å². The number of carbonyl (C=O) groups excluding carboxylic acids is 7. The Balaban J connectivity index is 0.965. The molecule has 3 aromatic carbocycles. The number of amides is 7. The quantitative estimate of drug-likeness (QED) is 0.0184. The van der Waals surface area contributed by atoms with Gasteiger partial charge in [0.05, 0.1) is 55.9 Å². The Bertz CT molecular complexity index is 3360. The minimum absolute atomic E-state index is 0.0229. The maximum absolute atomic E-state index is 15.0. The molecular formula is C64H88N12O20S2. The molecule has 1 aromatic heterocycles. The number of hydrogen-bond acceptors (Lipinski definition) is 27. The number of carbonyl (C=O) groups is 7. The van der Waals surface area contributed by atoms with Gasteiger partial charge in [0, 0.05) is 99.4 Å². The number of phenols is 1. The third-order valence-corrected chi connectivity index (χ3v) is 20.2. The van der Waals surface area contributed by atoms with E-state index in [1.54, 1.807) is 12.1 Å². The summed E-state index contributed by atoms with van der Waals surface area (Å²) in [6.07, 6.45) is -7.54. The second-order valence-electron chi connectivity index (χ2n) is 25.9. The molecular weight excluding hydrogens is 1320 g/mol. The minimum atomic E-state index is -2.16. The molecule has 7 amide bonds. The number of β-amino-alcohol motifs (C(OH)–C–C–N with tert-alkyl or cyclic N) is 1. The first-order valence-electron chi connectivity index (χ1n) is 32.8. The number of aromatic hydroxyl groups is 1. The lowest BCUT2D eigenvalue weighted by atomic mass is 9.86. The van der Waals surface area contributed by atoms with E-state index in [1.807, 2.05) is 12.1 Å². The zero-order chi connectivity index (χ0) is 70.5. The van der Waals surface area contributed by atoms with Crippen molar-refractivity contribution in [1.29, 1.82) is 0 Å². The first-order valence-corrected chi connectivity index (χ1v) is 34.2. The van der Waals surface area contributed by atoms with Gasteiger partial charge in [-0.15, -0.1) is 10.2 Å². The summed E-state index contributed by atoms with van der Waals surface area (Å²) < 4.78 is 9.38. The monoisotopic (exact) mass is 1410 g/mol. The van der Waals surface area contributed by atoms with Crippen LogP contribution in [-0.4, -0.2) is 268 Å². The third-order valence-electron chi connectivity index (χ3n) is 18.8. The standard InChI is InChI=1S/C64H88N12O20S2/c1-33-4-13-41(14-5-33)73-20-22-74(23-21-73)42-15-11-39(12-16-42)62-72-71-61(97-62)38-9-7-37(8-10-38)56(86)67-45-26-43(80)28-66-60(90)54-55(85)34(2)29-76(54)64(92)53(48(83)18-19-65-40(31-77)32-78)70-59(89)52(49(84)24-36-6-17-47(82)50(25-36)94-98-96-95-93)69-58(88)46-27-44(81)30-75(46)63(91)51(35(3)79)68-57(45)87/h6-12,15-17,25,33-35,40-41,43-46,48-49,51-55,65,77-85,93H,4-5,13-14,18-24,26-32H2,1-3H3,(H,66,90)(H,67,86)(H,68,87)(H,69,88)(H,70,89)/t33?,34-,35+,41?,43+,44+,45?,46-,48+,49+,51-,52-,53-,54-,55-/m0/s1. The summed E-state index contributed by atoms with van der Waals surface area (Å²) in [5.41, 5.74) is 2.73.